The number of hydrogen-bond acceptors (Lipinski definition) is 1. The lowest BCUT2D eigenvalue weighted by molar-refractivity contribution is 0.627. The van der Waals surface area contributed by atoms with Gasteiger partial charge in [-0.1, -0.05) is 24.0 Å². The summed E-state index contributed by atoms with van der Waals surface area (Å²) >= 11 is 0. The zero-order valence-electron chi connectivity index (χ0n) is 8.57. The van der Waals surface area contributed by atoms with Crippen molar-refractivity contribution in [2.24, 2.45) is 0 Å². The maximum Gasteiger partial charge on any atom is 0.124 e. The molecular weight excluding hydrogens is 201 g/mol. The zero-order chi connectivity index (χ0) is 11.4. The van der Waals surface area contributed by atoms with E-state index in [-0.39, 0.29) is 5.82 Å². The summed E-state index contributed by atoms with van der Waals surface area (Å²) in [5.41, 5.74) is 7.77. The van der Waals surface area contributed by atoms with E-state index in [1.54, 1.807) is 24.3 Å². The Morgan fingerprint density at radius 2 is 1.50 bits per heavy atom. The van der Waals surface area contributed by atoms with Gasteiger partial charge in [-0.2, -0.15) is 0 Å². The Balaban J connectivity index is 2.28. The second kappa shape index (κ2) is 4.50. The number of anilines is 1. The SMILES string of the molecule is Nc1cccc(C#Cc2cccc(F)c2)c1. The van der Waals surface area contributed by atoms with Crippen LogP contribution in [-0.4, -0.2) is 0 Å². The van der Waals surface area contributed by atoms with Crippen molar-refractivity contribution in [3.8, 4) is 11.8 Å². The Morgan fingerprint density at radius 1 is 0.875 bits per heavy atom. The molecule has 0 fully saturated rings. The van der Waals surface area contributed by atoms with Crippen LogP contribution in [-0.2, 0) is 0 Å². The van der Waals surface area contributed by atoms with E-state index in [0.29, 0.717) is 11.3 Å². The van der Waals surface area contributed by atoms with E-state index in [1.807, 2.05) is 12.1 Å². The first-order valence-electron chi connectivity index (χ1n) is 4.87. The average molecular weight is 211 g/mol. The van der Waals surface area contributed by atoms with Gasteiger partial charge in [0.2, 0.25) is 0 Å². The molecule has 16 heavy (non-hydrogen) atoms. The Hall–Kier alpha value is -2.27. The van der Waals surface area contributed by atoms with E-state index >= 15 is 0 Å². The van der Waals surface area contributed by atoms with Crippen LogP contribution in [0.25, 0.3) is 0 Å². The van der Waals surface area contributed by atoms with Crippen LogP contribution in [0.15, 0.2) is 48.5 Å². The monoisotopic (exact) mass is 211 g/mol. The van der Waals surface area contributed by atoms with Crippen LogP contribution in [0.1, 0.15) is 11.1 Å². The van der Waals surface area contributed by atoms with Crippen molar-refractivity contribution in [1.29, 1.82) is 0 Å². The minimum absolute atomic E-state index is 0.278. The molecule has 0 aromatic heterocycles. The third-order valence-corrected chi connectivity index (χ3v) is 2.06. The van der Waals surface area contributed by atoms with Crippen LogP contribution < -0.4 is 5.73 Å². The molecule has 2 rings (SSSR count). The highest BCUT2D eigenvalue weighted by Crippen LogP contribution is 2.06. The van der Waals surface area contributed by atoms with E-state index in [0.717, 1.165) is 5.56 Å². The lowest BCUT2D eigenvalue weighted by Crippen LogP contribution is -1.84. The highest BCUT2D eigenvalue weighted by atomic mass is 19.1. The van der Waals surface area contributed by atoms with Crippen molar-refractivity contribution >= 4 is 5.69 Å². The van der Waals surface area contributed by atoms with Crippen molar-refractivity contribution in [3.63, 3.8) is 0 Å². The minimum atomic E-state index is -0.278. The van der Waals surface area contributed by atoms with Gasteiger partial charge >= 0.3 is 0 Å². The molecule has 0 saturated carbocycles. The normalized spacial score (nSPS) is 9.31. The number of halogens is 1. The largest absolute Gasteiger partial charge is 0.399 e. The lowest BCUT2D eigenvalue weighted by Gasteiger charge is -1.93. The van der Waals surface area contributed by atoms with Gasteiger partial charge in [0, 0.05) is 16.8 Å². The molecule has 0 saturated heterocycles. The number of benzene rings is 2. The first kappa shape index (κ1) is 10.3. The molecule has 2 aromatic carbocycles. The smallest absolute Gasteiger partial charge is 0.124 e. The van der Waals surface area contributed by atoms with E-state index < -0.39 is 0 Å². The molecule has 2 aromatic rings. The van der Waals surface area contributed by atoms with Gasteiger partial charge < -0.3 is 5.73 Å². The van der Waals surface area contributed by atoms with Crippen molar-refractivity contribution in [2.75, 3.05) is 5.73 Å². The van der Waals surface area contributed by atoms with Crippen LogP contribution in [0.4, 0.5) is 10.1 Å². The fourth-order valence-corrected chi connectivity index (χ4v) is 1.33. The standard InChI is InChI=1S/C14H10FN/c15-13-5-1-3-11(9-13)7-8-12-4-2-6-14(16)10-12/h1-6,9-10H,16H2. The summed E-state index contributed by atoms with van der Waals surface area (Å²) < 4.78 is 12.9. The third kappa shape index (κ3) is 2.61. The van der Waals surface area contributed by atoms with Gasteiger partial charge in [0.15, 0.2) is 0 Å². The molecule has 0 radical (unpaired) electrons. The zero-order valence-corrected chi connectivity index (χ0v) is 8.57. The summed E-state index contributed by atoms with van der Waals surface area (Å²) in [5.74, 6) is 5.54. The Morgan fingerprint density at radius 3 is 2.12 bits per heavy atom. The summed E-state index contributed by atoms with van der Waals surface area (Å²) in [6, 6.07) is 13.5. The molecule has 0 heterocycles. The fourth-order valence-electron chi connectivity index (χ4n) is 1.33. The summed E-state index contributed by atoms with van der Waals surface area (Å²) in [6.07, 6.45) is 0. The molecule has 0 unspecified atom stereocenters. The van der Waals surface area contributed by atoms with Crippen molar-refractivity contribution in [2.45, 2.75) is 0 Å². The van der Waals surface area contributed by atoms with Gasteiger partial charge in [-0.05, 0) is 36.4 Å². The van der Waals surface area contributed by atoms with Gasteiger partial charge in [-0.25, -0.2) is 4.39 Å². The molecular formula is C14H10FN. The molecule has 0 aliphatic heterocycles. The topological polar surface area (TPSA) is 26.0 Å². The molecule has 0 aliphatic carbocycles. The lowest BCUT2D eigenvalue weighted by atomic mass is 10.1. The predicted octanol–water partition coefficient (Wildman–Crippen LogP) is 2.81. The molecule has 2 N–H and O–H groups in total. The van der Waals surface area contributed by atoms with Crippen LogP contribution in [0, 0.1) is 17.7 Å². The minimum Gasteiger partial charge on any atom is -0.399 e. The highest BCUT2D eigenvalue weighted by Gasteiger charge is 1.91. The third-order valence-electron chi connectivity index (χ3n) is 2.06. The highest BCUT2D eigenvalue weighted by molar-refractivity contribution is 5.49. The molecule has 0 bridgehead atoms. The molecule has 0 amide bonds. The average Bonchev–Trinajstić information content (AvgIpc) is 2.27. The van der Waals surface area contributed by atoms with Crippen LogP contribution in [0.3, 0.4) is 0 Å². The van der Waals surface area contributed by atoms with Gasteiger partial charge in [-0.3, -0.25) is 0 Å². The summed E-state index contributed by atoms with van der Waals surface area (Å²) in [5, 5.41) is 0. The molecule has 0 spiro atoms. The maximum atomic E-state index is 12.9. The molecule has 78 valence electrons. The molecule has 2 heteroatoms. The van der Waals surface area contributed by atoms with Gasteiger partial charge in [-0.15, -0.1) is 0 Å². The number of nitrogen functional groups attached to an aromatic ring is 1. The van der Waals surface area contributed by atoms with E-state index in [1.165, 1.54) is 12.1 Å². The van der Waals surface area contributed by atoms with E-state index in [4.69, 9.17) is 5.73 Å². The second-order valence-corrected chi connectivity index (χ2v) is 3.39. The van der Waals surface area contributed by atoms with E-state index in [2.05, 4.69) is 11.8 Å². The van der Waals surface area contributed by atoms with E-state index in [9.17, 15) is 4.39 Å². The van der Waals surface area contributed by atoms with Crippen molar-refractivity contribution < 1.29 is 4.39 Å². The van der Waals surface area contributed by atoms with Crippen LogP contribution in [0.2, 0.25) is 0 Å². The predicted molar refractivity (Wildman–Crippen MR) is 63.2 cm³/mol. The Bertz CT molecular complexity index is 515. The summed E-state index contributed by atoms with van der Waals surface area (Å²) in [4.78, 5) is 0. The molecule has 0 atom stereocenters. The summed E-state index contributed by atoms with van der Waals surface area (Å²) in [6.45, 7) is 0. The first-order chi connectivity index (χ1) is 7.74. The van der Waals surface area contributed by atoms with Gasteiger partial charge in [0.25, 0.3) is 0 Å². The maximum absolute atomic E-state index is 12.9. The van der Waals surface area contributed by atoms with Crippen molar-refractivity contribution in [1.82, 2.24) is 0 Å². The molecule has 0 aliphatic rings. The Kier molecular flexibility index (Phi) is 2.88. The second-order valence-electron chi connectivity index (χ2n) is 3.39. The number of rotatable bonds is 0. The summed E-state index contributed by atoms with van der Waals surface area (Å²) in [7, 11) is 0. The van der Waals surface area contributed by atoms with Gasteiger partial charge in [0.1, 0.15) is 5.82 Å². The number of hydrogen-bond donors (Lipinski definition) is 1. The Labute approximate surface area is 93.7 Å². The van der Waals surface area contributed by atoms with Gasteiger partial charge in [0.05, 0.1) is 0 Å². The first-order valence-corrected chi connectivity index (χ1v) is 4.87. The van der Waals surface area contributed by atoms with Crippen LogP contribution in [0.5, 0.6) is 0 Å². The molecule has 1 nitrogen and oxygen atoms in total. The number of nitrogens with two attached hydrogens (primary N) is 1. The van der Waals surface area contributed by atoms with Crippen molar-refractivity contribution in [3.05, 3.63) is 65.5 Å². The fraction of sp³-hybridized carbons (Fsp3) is 0. The van der Waals surface area contributed by atoms with Crippen LogP contribution >= 0.6 is 0 Å². The quantitative estimate of drug-likeness (QED) is 0.526.